The zero-order valence-corrected chi connectivity index (χ0v) is 17.7. The number of benzene rings is 1. The fourth-order valence-corrected chi connectivity index (χ4v) is 3.88. The van der Waals surface area contributed by atoms with Crippen molar-refractivity contribution in [2.75, 3.05) is 41.9 Å². The maximum atomic E-state index is 12.2. The van der Waals surface area contributed by atoms with Crippen LogP contribution in [-0.2, 0) is 4.79 Å². The summed E-state index contributed by atoms with van der Waals surface area (Å²) >= 11 is 0. The number of hydrogen-bond donors (Lipinski definition) is 1. The number of fused-ring (bicyclic) bond motifs is 1. The Kier molecular flexibility index (Phi) is 5.98. The lowest BCUT2D eigenvalue weighted by Crippen LogP contribution is -2.45. The van der Waals surface area contributed by atoms with Gasteiger partial charge in [-0.2, -0.15) is 4.98 Å². The van der Waals surface area contributed by atoms with Crippen LogP contribution in [0.2, 0.25) is 0 Å². The Morgan fingerprint density at radius 2 is 1.88 bits per heavy atom. The van der Waals surface area contributed by atoms with Gasteiger partial charge in [-0.1, -0.05) is 0 Å². The number of aromatic nitrogens is 2. The van der Waals surface area contributed by atoms with Crippen LogP contribution in [0.25, 0.3) is 0 Å². The molecule has 0 saturated heterocycles. The maximum Gasteiger partial charge on any atom is 0.573 e. The van der Waals surface area contributed by atoms with Gasteiger partial charge in [0, 0.05) is 19.6 Å². The lowest BCUT2D eigenvalue weighted by molar-refractivity contribution is -0.274. The minimum atomic E-state index is -4.71. The fraction of sp³-hybridized carbons (Fsp3) is 0.476. The number of nitrogens with one attached hydrogen (secondary N) is 1. The average Bonchev–Trinajstić information content (AvgIpc) is 2.70. The molecule has 0 radical (unpaired) electrons. The summed E-state index contributed by atoms with van der Waals surface area (Å²) in [7, 11) is 1.83. The molecule has 11 heteroatoms. The molecule has 1 N–H and O–H groups in total. The molecular weight excluding hydrogens is 427 g/mol. The number of hydrogen-bond acceptors (Lipinski definition) is 7. The van der Waals surface area contributed by atoms with Gasteiger partial charge < -0.3 is 24.6 Å². The summed E-state index contributed by atoms with van der Waals surface area (Å²) in [6, 6.07) is 5.58. The van der Waals surface area contributed by atoms with E-state index in [1.807, 2.05) is 18.9 Å². The van der Waals surface area contributed by atoms with Crippen LogP contribution in [0.4, 0.5) is 30.6 Å². The number of carbonyl (C=O) groups is 1. The quantitative estimate of drug-likeness (QED) is 0.691. The van der Waals surface area contributed by atoms with Gasteiger partial charge in [-0.3, -0.25) is 4.79 Å². The van der Waals surface area contributed by atoms with Gasteiger partial charge in [0.05, 0.1) is 19.3 Å². The van der Waals surface area contributed by atoms with E-state index in [-0.39, 0.29) is 24.2 Å². The molecule has 1 amide bonds. The van der Waals surface area contributed by atoms with Gasteiger partial charge in [0.15, 0.2) is 5.82 Å². The maximum absolute atomic E-state index is 12.2. The molecule has 2 aromatic rings. The van der Waals surface area contributed by atoms with Crippen molar-refractivity contribution < 1.29 is 27.4 Å². The number of ether oxygens (including phenoxy) is 2. The summed E-state index contributed by atoms with van der Waals surface area (Å²) in [5.41, 5.74) is 0.711. The Bertz CT molecular complexity index is 964. The second-order valence-corrected chi connectivity index (χ2v) is 7.91. The van der Waals surface area contributed by atoms with Gasteiger partial charge >= 0.3 is 6.36 Å². The van der Waals surface area contributed by atoms with Gasteiger partial charge in [-0.05, 0) is 49.9 Å². The summed E-state index contributed by atoms with van der Waals surface area (Å²) in [6.07, 6.45) is -1.30. The molecule has 0 atom stereocenters. The number of amides is 1. The topological polar surface area (TPSA) is 79.8 Å². The predicted molar refractivity (Wildman–Crippen MR) is 112 cm³/mol. The molecule has 1 aromatic heterocycles. The van der Waals surface area contributed by atoms with Crippen LogP contribution in [0, 0.1) is 5.92 Å². The first-order chi connectivity index (χ1) is 15.2. The minimum Gasteiger partial charge on any atom is -0.493 e. The predicted octanol–water partition coefficient (Wildman–Crippen LogP) is 3.45. The number of alkyl halides is 3. The van der Waals surface area contributed by atoms with Crippen LogP contribution < -0.4 is 24.6 Å². The zero-order chi connectivity index (χ0) is 22.9. The molecule has 2 aliphatic rings. The number of anilines is 3. The standard InChI is InChI=1S/C21H24F3N5O3/c1-3-29-17-10-25-20(27-19(17)28(2)11-18(29)30)26-14-8-13(9-14)12-31-15-4-6-16(7-5-15)32-21(22,23)24/h4-7,10,13-14H,3,8-9,11-12H2,1-2H3,(H,25,26,27). The largest absolute Gasteiger partial charge is 0.573 e. The Hall–Kier alpha value is -3.24. The normalized spacial score (nSPS) is 20.5. The van der Waals surface area contributed by atoms with E-state index in [0.717, 1.165) is 18.7 Å². The van der Waals surface area contributed by atoms with Crippen molar-refractivity contribution in [2.45, 2.75) is 32.2 Å². The van der Waals surface area contributed by atoms with Crippen LogP contribution in [0.5, 0.6) is 11.5 Å². The van der Waals surface area contributed by atoms with Crippen LogP contribution in [-0.4, -0.2) is 55.0 Å². The number of carbonyl (C=O) groups excluding carboxylic acids is 1. The van der Waals surface area contributed by atoms with E-state index in [9.17, 15) is 18.0 Å². The van der Waals surface area contributed by atoms with Gasteiger partial charge in [0.2, 0.25) is 11.9 Å². The van der Waals surface area contributed by atoms with E-state index in [1.165, 1.54) is 24.3 Å². The second-order valence-electron chi connectivity index (χ2n) is 7.91. The van der Waals surface area contributed by atoms with Crippen molar-refractivity contribution >= 4 is 23.4 Å². The highest BCUT2D eigenvalue weighted by Gasteiger charge is 2.33. The summed E-state index contributed by atoms with van der Waals surface area (Å²) in [5.74, 6) is 1.81. The van der Waals surface area contributed by atoms with E-state index in [2.05, 4.69) is 20.0 Å². The third-order valence-electron chi connectivity index (χ3n) is 5.50. The Labute approximate surface area is 183 Å². The first-order valence-corrected chi connectivity index (χ1v) is 10.4. The molecule has 1 aromatic carbocycles. The SMILES string of the molecule is CCN1C(=O)CN(C)c2nc(NC3CC(COc4ccc(OC(F)(F)F)cc4)C3)ncc21. The number of likely N-dealkylation sites (N-methyl/N-ethyl adjacent to an activating group) is 2. The Morgan fingerprint density at radius 3 is 2.53 bits per heavy atom. The highest BCUT2D eigenvalue weighted by Crippen LogP contribution is 2.34. The van der Waals surface area contributed by atoms with Crippen molar-refractivity contribution in [3.63, 3.8) is 0 Å². The zero-order valence-electron chi connectivity index (χ0n) is 17.7. The van der Waals surface area contributed by atoms with Gasteiger partial charge in [0.1, 0.15) is 17.2 Å². The van der Waals surface area contributed by atoms with Crippen LogP contribution in [0.15, 0.2) is 30.5 Å². The summed E-state index contributed by atoms with van der Waals surface area (Å²) in [5, 5.41) is 3.32. The molecule has 0 spiro atoms. The summed E-state index contributed by atoms with van der Waals surface area (Å²) in [6.45, 7) is 3.24. The van der Waals surface area contributed by atoms with E-state index in [0.29, 0.717) is 36.5 Å². The number of halogens is 3. The molecule has 0 bridgehead atoms. The van der Waals surface area contributed by atoms with E-state index < -0.39 is 6.36 Å². The smallest absolute Gasteiger partial charge is 0.493 e. The lowest BCUT2D eigenvalue weighted by atomic mass is 9.81. The summed E-state index contributed by atoms with van der Waals surface area (Å²) < 4.78 is 46.1. The molecule has 32 heavy (non-hydrogen) atoms. The summed E-state index contributed by atoms with van der Waals surface area (Å²) in [4.78, 5) is 24.6. The van der Waals surface area contributed by atoms with E-state index in [4.69, 9.17) is 4.74 Å². The second kappa shape index (κ2) is 8.71. The van der Waals surface area contributed by atoms with Crippen molar-refractivity contribution in [3.05, 3.63) is 30.5 Å². The molecule has 0 unspecified atom stereocenters. The average molecular weight is 451 g/mol. The van der Waals surface area contributed by atoms with Crippen molar-refractivity contribution in [1.82, 2.24) is 9.97 Å². The highest BCUT2D eigenvalue weighted by molar-refractivity contribution is 6.02. The molecular formula is C21H24F3N5O3. The molecule has 4 rings (SSSR count). The molecule has 1 aliphatic heterocycles. The van der Waals surface area contributed by atoms with Crippen molar-refractivity contribution in [1.29, 1.82) is 0 Å². The van der Waals surface area contributed by atoms with Crippen LogP contribution in [0.1, 0.15) is 19.8 Å². The minimum absolute atomic E-state index is 0.0242. The number of nitrogens with zero attached hydrogens (tertiary/aromatic N) is 4. The molecule has 1 saturated carbocycles. The molecule has 1 aliphatic carbocycles. The van der Waals surface area contributed by atoms with Crippen molar-refractivity contribution in [2.24, 2.45) is 5.92 Å². The Balaban J connectivity index is 1.25. The molecule has 8 nitrogen and oxygen atoms in total. The Morgan fingerprint density at radius 1 is 1.19 bits per heavy atom. The fourth-order valence-electron chi connectivity index (χ4n) is 3.88. The molecule has 1 fully saturated rings. The van der Waals surface area contributed by atoms with Crippen LogP contribution >= 0.6 is 0 Å². The lowest BCUT2D eigenvalue weighted by Gasteiger charge is -2.36. The van der Waals surface area contributed by atoms with Crippen molar-refractivity contribution in [3.8, 4) is 11.5 Å². The van der Waals surface area contributed by atoms with Crippen LogP contribution in [0.3, 0.4) is 0 Å². The van der Waals surface area contributed by atoms with E-state index in [1.54, 1.807) is 11.1 Å². The monoisotopic (exact) mass is 451 g/mol. The van der Waals surface area contributed by atoms with Gasteiger partial charge in [0.25, 0.3) is 0 Å². The molecule has 2 heterocycles. The molecule has 172 valence electrons. The first kappa shape index (κ1) is 22.0. The third-order valence-corrected chi connectivity index (χ3v) is 5.50. The number of rotatable bonds is 7. The first-order valence-electron chi connectivity index (χ1n) is 10.4. The van der Waals surface area contributed by atoms with Gasteiger partial charge in [-0.25, -0.2) is 4.98 Å². The highest BCUT2D eigenvalue weighted by atomic mass is 19.4. The van der Waals surface area contributed by atoms with Gasteiger partial charge in [-0.15, -0.1) is 13.2 Å². The third kappa shape index (κ3) is 4.97. The van der Waals surface area contributed by atoms with E-state index >= 15 is 0 Å².